The van der Waals surface area contributed by atoms with E-state index in [9.17, 15) is 4.79 Å². The maximum Gasteiger partial charge on any atom is 0.250 e. The van der Waals surface area contributed by atoms with Gasteiger partial charge in [0.1, 0.15) is 0 Å². The Labute approximate surface area is 177 Å². The van der Waals surface area contributed by atoms with Crippen LogP contribution in [0.25, 0.3) is 0 Å². The van der Waals surface area contributed by atoms with Crippen molar-refractivity contribution in [2.75, 3.05) is 31.1 Å². The van der Waals surface area contributed by atoms with Gasteiger partial charge in [-0.05, 0) is 50.5 Å². The average molecular weight is 416 g/mol. The van der Waals surface area contributed by atoms with Crippen LogP contribution in [0.1, 0.15) is 26.2 Å². The quantitative estimate of drug-likeness (QED) is 0.395. The van der Waals surface area contributed by atoms with E-state index in [0.29, 0.717) is 6.04 Å². The lowest BCUT2D eigenvalue weighted by atomic mass is 10.2. The lowest BCUT2D eigenvalue weighted by Crippen LogP contribution is -2.44. The molecule has 1 aromatic heterocycles. The first kappa shape index (κ1) is 21.2. The van der Waals surface area contributed by atoms with Gasteiger partial charge in [0, 0.05) is 61.7 Å². The summed E-state index contributed by atoms with van der Waals surface area (Å²) in [5.41, 5.74) is 1.22. The van der Waals surface area contributed by atoms with Gasteiger partial charge in [-0.2, -0.15) is 0 Å². The summed E-state index contributed by atoms with van der Waals surface area (Å²) < 4.78 is 1.75. The predicted molar refractivity (Wildman–Crippen MR) is 121 cm³/mol. The molecule has 0 amide bonds. The first-order valence-corrected chi connectivity index (χ1v) is 10.7. The van der Waals surface area contributed by atoms with Crippen LogP contribution in [0.4, 0.5) is 5.69 Å². The van der Waals surface area contributed by atoms with Crippen LogP contribution in [0, 0.1) is 0 Å². The third kappa shape index (κ3) is 6.53. The van der Waals surface area contributed by atoms with Gasteiger partial charge in [-0.25, -0.2) is 0 Å². The number of pyridine rings is 1. The number of aliphatic imine (C=N–C) groups is 1. The zero-order valence-electron chi connectivity index (χ0n) is 17.0. The summed E-state index contributed by atoms with van der Waals surface area (Å²) in [6.45, 7) is 6.31. The van der Waals surface area contributed by atoms with Gasteiger partial charge in [0.25, 0.3) is 0 Å². The summed E-state index contributed by atoms with van der Waals surface area (Å²) in [4.78, 5) is 18.8. The molecule has 1 aromatic carbocycles. The summed E-state index contributed by atoms with van der Waals surface area (Å²) in [6, 6.07) is 13.6. The molecular formula is C22H30ClN5O. The van der Waals surface area contributed by atoms with Crippen molar-refractivity contribution in [3.05, 3.63) is 64.0 Å². The lowest BCUT2D eigenvalue weighted by Gasteiger charge is -2.20. The summed E-state index contributed by atoms with van der Waals surface area (Å²) in [7, 11) is 0. The maximum atomic E-state index is 11.7. The molecule has 2 N–H and O–H groups in total. The van der Waals surface area contributed by atoms with Crippen molar-refractivity contribution in [3.63, 3.8) is 0 Å². The molecule has 2 heterocycles. The van der Waals surface area contributed by atoms with Crippen LogP contribution in [0.15, 0.2) is 58.4 Å². The number of rotatable bonds is 8. The second-order valence-electron chi connectivity index (χ2n) is 7.26. The molecule has 29 heavy (non-hydrogen) atoms. The number of nitrogens with one attached hydrogen (secondary N) is 2. The van der Waals surface area contributed by atoms with E-state index in [2.05, 4.69) is 28.5 Å². The van der Waals surface area contributed by atoms with E-state index >= 15 is 0 Å². The number of nitrogens with zero attached hydrogens (tertiary/aromatic N) is 3. The van der Waals surface area contributed by atoms with Gasteiger partial charge < -0.3 is 20.1 Å². The molecule has 1 aliphatic heterocycles. The second-order valence-corrected chi connectivity index (χ2v) is 7.69. The van der Waals surface area contributed by atoms with E-state index in [0.717, 1.165) is 63.0 Å². The molecule has 0 saturated carbocycles. The van der Waals surface area contributed by atoms with Crippen molar-refractivity contribution >= 4 is 23.2 Å². The van der Waals surface area contributed by atoms with Crippen LogP contribution in [-0.4, -0.2) is 42.7 Å². The molecule has 7 heteroatoms. The second kappa shape index (κ2) is 10.9. The van der Waals surface area contributed by atoms with E-state index in [-0.39, 0.29) is 5.56 Å². The first-order chi connectivity index (χ1) is 14.2. The van der Waals surface area contributed by atoms with E-state index < -0.39 is 0 Å². The number of aryl methyl sites for hydroxylation is 1. The molecule has 1 fully saturated rings. The SMILES string of the molecule is CCNC(=NCCCCn1ccccc1=O)NC1CCN(c2cccc(Cl)c2)C1. The number of benzene rings is 1. The van der Waals surface area contributed by atoms with Crippen molar-refractivity contribution in [3.8, 4) is 0 Å². The molecule has 1 unspecified atom stereocenters. The van der Waals surface area contributed by atoms with Crippen LogP contribution in [0.2, 0.25) is 5.02 Å². The van der Waals surface area contributed by atoms with Gasteiger partial charge in [0.05, 0.1) is 0 Å². The summed E-state index contributed by atoms with van der Waals surface area (Å²) in [5.74, 6) is 0.863. The number of hydrogen-bond acceptors (Lipinski definition) is 3. The first-order valence-electron chi connectivity index (χ1n) is 10.4. The molecule has 0 aliphatic carbocycles. The Morgan fingerprint density at radius 2 is 2.14 bits per heavy atom. The number of anilines is 1. The summed E-state index contributed by atoms with van der Waals surface area (Å²) in [5, 5.41) is 7.66. The summed E-state index contributed by atoms with van der Waals surface area (Å²) >= 11 is 6.13. The average Bonchev–Trinajstić information content (AvgIpc) is 3.18. The third-order valence-corrected chi connectivity index (χ3v) is 5.26. The fourth-order valence-corrected chi connectivity index (χ4v) is 3.71. The smallest absolute Gasteiger partial charge is 0.250 e. The Morgan fingerprint density at radius 1 is 1.24 bits per heavy atom. The molecule has 0 spiro atoms. The van der Waals surface area contributed by atoms with Gasteiger partial charge in [-0.3, -0.25) is 9.79 Å². The minimum absolute atomic E-state index is 0.0523. The highest BCUT2D eigenvalue weighted by molar-refractivity contribution is 6.30. The number of aromatic nitrogens is 1. The molecule has 2 aromatic rings. The van der Waals surface area contributed by atoms with Crippen molar-refractivity contribution in [1.29, 1.82) is 0 Å². The largest absolute Gasteiger partial charge is 0.369 e. The molecule has 1 atom stereocenters. The number of unbranched alkanes of at least 4 members (excludes halogenated alkanes) is 1. The molecule has 1 saturated heterocycles. The Hall–Kier alpha value is -2.47. The van der Waals surface area contributed by atoms with Gasteiger partial charge >= 0.3 is 0 Å². The van der Waals surface area contributed by atoms with Crippen LogP contribution >= 0.6 is 11.6 Å². The summed E-state index contributed by atoms with van der Waals surface area (Å²) in [6.07, 6.45) is 4.77. The Bertz CT molecular complexity index is 866. The molecule has 3 rings (SSSR count). The van der Waals surface area contributed by atoms with E-state index in [1.54, 1.807) is 16.7 Å². The molecule has 6 nitrogen and oxygen atoms in total. The van der Waals surface area contributed by atoms with Crippen LogP contribution in [0.3, 0.4) is 0 Å². The minimum Gasteiger partial charge on any atom is -0.369 e. The van der Waals surface area contributed by atoms with Crippen molar-refractivity contribution in [2.24, 2.45) is 4.99 Å². The Morgan fingerprint density at radius 3 is 2.93 bits per heavy atom. The topological polar surface area (TPSA) is 61.7 Å². The maximum absolute atomic E-state index is 11.7. The van der Waals surface area contributed by atoms with Gasteiger partial charge in [0.15, 0.2) is 5.96 Å². The molecule has 0 bridgehead atoms. The fraction of sp³-hybridized carbons (Fsp3) is 0.455. The van der Waals surface area contributed by atoms with Crippen LogP contribution < -0.4 is 21.1 Å². The normalized spacial score (nSPS) is 16.8. The fourth-order valence-electron chi connectivity index (χ4n) is 3.53. The van der Waals surface area contributed by atoms with Crippen molar-refractivity contribution < 1.29 is 0 Å². The zero-order valence-corrected chi connectivity index (χ0v) is 17.7. The highest BCUT2D eigenvalue weighted by Crippen LogP contribution is 2.23. The molecular weight excluding hydrogens is 386 g/mol. The highest BCUT2D eigenvalue weighted by atomic mass is 35.5. The zero-order chi connectivity index (χ0) is 20.5. The predicted octanol–water partition coefficient (Wildman–Crippen LogP) is 3.12. The molecule has 156 valence electrons. The van der Waals surface area contributed by atoms with Crippen LogP contribution in [0.5, 0.6) is 0 Å². The molecule has 0 radical (unpaired) electrons. The van der Waals surface area contributed by atoms with Gasteiger partial charge in [-0.15, -0.1) is 0 Å². The molecule has 1 aliphatic rings. The van der Waals surface area contributed by atoms with Crippen LogP contribution in [-0.2, 0) is 6.54 Å². The highest BCUT2D eigenvalue weighted by Gasteiger charge is 2.23. The minimum atomic E-state index is 0.0523. The van der Waals surface area contributed by atoms with Crippen molar-refractivity contribution in [1.82, 2.24) is 15.2 Å². The number of guanidine groups is 1. The van der Waals surface area contributed by atoms with E-state index in [1.807, 2.05) is 30.5 Å². The van der Waals surface area contributed by atoms with E-state index in [4.69, 9.17) is 16.6 Å². The van der Waals surface area contributed by atoms with Gasteiger partial charge in [-0.1, -0.05) is 23.7 Å². The number of hydrogen-bond donors (Lipinski definition) is 2. The number of halogens is 1. The van der Waals surface area contributed by atoms with E-state index in [1.165, 1.54) is 5.69 Å². The lowest BCUT2D eigenvalue weighted by molar-refractivity contribution is 0.595. The monoisotopic (exact) mass is 415 g/mol. The van der Waals surface area contributed by atoms with Crippen molar-refractivity contribution in [2.45, 2.75) is 38.8 Å². The Balaban J connectivity index is 1.45. The van der Waals surface area contributed by atoms with Gasteiger partial charge in [0.2, 0.25) is 5.56 Å². The third-order valence-electron chi connectivity index (χ3n) is 5.02. The standard InChI is InChI=1S/C22H30ClN5O/c1-2-24-22(25-12-4-6-14-27-13-5-3-10-21(27)29)26-19-11-15-28(17-19)20-9-7-8-18(23)16-20/h3,5,7-10,13,16,19H,2,4,6,11-12,14-15,17H2,1H3,(H2,24,25,26). The Kier molecular flexibility index (Phi) is 7.99.